The second kappa shape index (κ2) is 7.29. The van der Waals surface area contributed by atoms with Crippen molar-refractivity contribution in [1.29, 1.82) is 0 Å². The number of hydrogen-bond acceptors (Lipinski definition) is 4. The van der Waals surface area contributed by atoms with Gasteiger partial charge in [-0.25, -0.2) is 32.3 Å². The normalized spacial score (nSPS) is 11.3. The van der Waals surface area contributed by atoms with Crippen LogP contribution in [-0.4, -0.2) is 31.7 Å². The van der Waals surface area contributed by atoms with Gasteiger partial charge in [-0.05, 0) is 25.1 Å². The highest BCUT2D eigenvalue weighted by Gasteiger charge is 2.29. The van der Waals surface area contributed by atoms with Crippen LogP contribution in [0.5, 0.6) is 0 Å². The number of halogens is 4. The first-order chi connectivity index (χ1) is 14.3. The molecule has 10 heteroatoms. The number of hydrogen-bond donors (Lipinski definition) is 0. The Kier molecular flexibility index (Phi) is 4.76. The Labute approximate surface area is 167 Å². The zero-order valence-electron chi connectivity index (χ0n) is 15.8. The average molecular weight is 418 g/mol. The second-order valence-corrected chi connectivity index (χ2v) is 6.34. The molecule has 4 aromatic rings. The molecule has 0 unspecified atom stereocenters. The summed E-state index contributed by atoms with van der Waals surface area (Å²) in [7, 11) is 1.67. The Hall–Kier alpha value is -3.69. The number of para-hydroxylation sites is 2. The number of benzene rings is 2. The molecule has 0 fully saturated rings. The van der Waals surface area contributed by atoms with Gasteiger partial charge in [0.05, 0.1) is 23.3 Å². The van der Waals surface area contributed by atoms with E-state index in [-0.39, 0.29) is 18.2 Å². The summed E-state index contributed by atoms with van der Waals surface area (Å²) in [5.74, 6) is -7.98. The van der Waals surface area contributed by atoms with Crippen LogP contribution in [0.4, 0.5) is 17.6 Å². The van der Waals surface area contributed by atoms with Crippen LogP contribution >= 0.6 is 0 Å². The number of imidazole rings is 2. The monoisotopic (exact) mass is 418 g/mol. The topological polar surface area (TPSA) is 61.9 Å². The number of rotatable bonds is 4. The molecular weight excluding hydrogens is 404 g/mol. The van der Waals surface area contributed by atoms with E-state index in [1.54, 1.807) is 42.8 Å². The predicted octanol–water partition coefficient (Wildman–Crippen LogP) is 4.16. The second-order valence-electron chi connectivity index (χ2n) is 6.34. The van der Waals surface area contributed by atoms with Crippen LogP contribution < -0.4 is 0 Å². The quantitative estimate of drug-likeness (QED) is 0.216. The average Bonchev–Trinajstić information content (AvgIpc) is 3.31. The number of carbonyl (C=O) groups excluding carboxylic acids is 1. The lowest BCUT2D eigenvalue weighted by Gasteiger charge is -2.12. The molecule has 0 radical (unpaired) electrons. The van der Waals surface area contributed by atoms with Gasteiger partial charge in [0.1, 0.15) is 6.33 Å². The van der Waals surface area contributed by atoms with E-state index < -0.39 is 40.5 Å². The third-order valence-corrected chi connectivity index (χ3v) is 4.57. The summed E-state index contributed by atoms with van der Waals surface area (Å²) in [6.07, 6.45) is 1.15. The lowest BCUT2D eigenvalue weighted by atomic mass is 10.1. The minimum atomic E-state index is -2.00. The number of esters is 1. The van der Waals surface area contributed by atoms with Gasteiger partial charge in [-0.15, -0.1) is 0 Å². The van der Waals surface area contributed by atoms with Crippen LogP contribution in [0.25, 0.3) is 28.2 Å². The highest BCUT2D eigenvalue weighted by atomic mass is 19.2. The molecule has 2 heterocycles. The van der Waals surface area contributed by atoms with Gasteiger partial charge >= 0.3 is 5.97 Å². The van der Waals surface area contributed by atoms with Crippen LogP contribution in [0.15, 0.2) is 36.7 Å². The van der Waals surface area contributed by atoms with Crippen molar-refractivity contribution >= 4 is 17.0 Å². The maximum absolute atomic E-state index is 14.6. The summed E-state index contributed by atoms with van der Waals surface area (Å²) in [5, 5.41) is 0. The van der Waals surface area contributed by atoms with E-state index in [2.05, 4.69) is 9.97 Å². The zero-order valence-corrected chi connectivity index (χ0v) is 15.8. The minimum Gasteiger partial charge on any atom is -0.461 e. The largest absolute Gasteiger partial charge is 0.461 e. The lowest BCUT2D eigenvalue weighted by molar-refractivity contribution is 0.0521. The maximum Gasteiger partial charge on any atom is 0.359 e. The summed E-state index contributed by atoms with van der Waals surface area (Å²) in [6, 6.07) is 7.54. The van der Waals surface area contributed by atoms with Gasteiger partial charge in [0.25, 0.3) is 0 Å². The summed E-state index contributed by atoms with van der Waals surface area (Å²) in [6.45, 7) is 1.55. The first-order valence-corrected chi connectivity index (χ1v) is 8.84. The molecule has 0 atom stereocenters. The fourth-order valence-corrected chi connectivity index (χ4v) is 3.20. The Morgan fingerprint density at radius 1 is 1.10 bits per heavy atom. The Morgan fingerprint density at radius 2 is 1.83 bits per heavy atom. The van der Waals surface area contributed by atoms with E-state index in [0.29, 0.717) is 17.1 Å². The number of carbonyl (C=O) groups is 1. The molecule has 0 saturated carbocycles. The fraction of sp³-hybridized carbons (Fsp3) is 0.150. The molecule has 0 aliphatic heterocycles. The third-order valence-electron chi connectivity index (χ3n) is 4.57. The van der Waals surface area contributed by atoms with E-state index in [1.807, 2.05) is 0 Å². The summed E-state index contributed by atoms with van der Waals surface area (Å²) in [4.78, 5) is 20.8. The Bertz CT molecular complexity index is 1300. The number of ether oxygens (including phenoxy) is 1. The first-order valence-electron chi connectivity index (χ1n) is 8.84. The molecule has 2 aromatic heterocycles. The molecule has 30 heavy (non-hydrogen) atoms. The van der Waals surface area contributed by atoms with Crippen LogP contribution in [0, 0.1) is 23.3 Å². The number of aryl methyl sites for hydroxylation is 1. The molecule has 0 bridgehead atoms. The molecule has 0 amide bonds. The van der Waals surface area contributed by atoms with Crippen molar-refractivity contribution in [2.75, 3.05) is 6.61 Å². The van der Waals surface area contributed by atoms with E-state index >= 15 is 0 Å². The molecule has 4 rings (SSSR count). The number of aromatic nitrogens is 4. The van der Waals surface area contributed by atoms with Gasteiger partial charge in [0, 0.05) is 12.6 Å². The van der Waals surface area contributed by atoms with Crippen LogP contribution in [-0.2, 0) is 11.8 Å². The fourth-order valence-electron chi connectivity index (χ4n) is 3.20. The number of fused-ring (bicyclic) bond motifs is 1. The minimum absolute atomic E-state index is 0.00789. The van der Waals surface area contributed by atoms with Crippen molar-refractivity contribution in [3.8, 4) is 17.2 Å². The molecule has 0 spiro atoms. The molecule has 0 saturated heterocycles. The van der Waals surface area contributed by atoms with Gasteiger partial charge in [-0.3, -0.25) is 4.57 Å². The smallest absolute Gasteiger partial charge is 0.359 e. The molecule has 154 valence electrons. The Morgan fingerprint density at radius 3 is 2.53 bits per heavy atom. The zero-order chi connectivity index (χ0) is 21.6. The van der Waals surface area contributed by atoms with Crippen molar-refractivity contribution in [1.82, 2.24) is 19.1 Å². The van der Waals surface area contributed by atoms with Crippen molar-refractivity contribution in [2.24, 2.45) is 7.05 Å². The highest BCUT2D eigenvalue weighted by Crippen LogP contribution is 2.33. The highest BCUT2D eigenvalue weighted by molar-refractivity contribution is 5.95. The van der Waals surface area contributed by atoms with Gasteiger partial charge in [0.2, 0.25) is 5.95 Å². The molecule has 2 aromatic carbocycles. The SMILES string of the molecule is CCOC(=O)c1ncn(-c2nc3ccccc3n2C)c1-c1cc(F)c(F)c(F)c1F. The molecule has 0 N–H and O–H groups in total. The van der Waals surface area contributed by atoms with Crippen molar-refractivity contribution < 1.29 is 27.1 Å². The summed E-state index contributed by atoms with van der Waals surface area (Å²) in [5.41, 5.74) is -0.111. The van der Waals surface area contributed by atoms with Crippen LogP contribution in [0.2, 0.25) is 0 Å². The van der Waals surface area contributed by atoms with Crippen LogP contribution in [0.1, 0.15) is 17.4 Å². The van der Waals surface area contributed by atoms with E-state index in [0.717, 1.165) is 6.33 Å². The predicted molar refractivity (Wildman–Crippen MR) is 99.1 cm³/mol. The molecule has 0 aliphatic rings. The van der Waals surface area contributed by atoms with Gasteiger partial charge in [0.15, 0.2) is 29.0 Å². The lowest BCUT2D eigenvalue weighted by Crippen LogP contribution is -2.11. The standard InChI is InChI=1S/C20H14F4N4O2/c1-3-30-19(29)17-18(10-8-11(21)15(23)16(24)14(10)22)28(9-25-17)20-26-12-6-4-5-7-13(12)27(20)2/h4-9H,3H2,1-2H3. The van der Waals surface area contributed by atoms with Crippen molar-refractivity contribution in [3.05, 3.63) is 65.6 Å². The summed E-state index contributed by atoms with van der Waals surface area (Å²) >= 11 is 0. The van der Waals surface area contributed by atoms with Gasteiger partial charge < -0.3 is 9.30 Å². The van der Waals surface area contributed by atoms with Gasteiger partial charge in [-0.1, -0.05) is 12.1 Å². The molecular formula is C20H14F4N4O2. The van der Waals surface area contributed by atoms with Crippen molar-refractivity contribution in [2.45, 2.75) is 6.92 Å². The van der Waals surface area contributed by atoms with Gasteiger partial charge in [-0.2, -0.15) is 0 Å². The molecule has 0 aliphatic carbocycles. The third kappa shape index (κ3) is 2.92. The maximum atomic E-state index is 14.6. The van der Waals surface area contributed by atoms with E-state index in [9.17, 15) is 22.4 Å². The molecule has 6 nitrogen and oxygen atoms in total. The van der Waals surface area contributed by atoms with E-state index in [4.69, 9.17) is 4.74 Å². The first kappa shape index (κ1) is 19.6. The van der Waals surface area contributed by atoms with Crippen molar-refractivity contribution in [3.63, 3.8) is 0 Å². The van der Waals surface area contributed by atoms with E-state index in [1.165, 1.54) is 4.57 Å². The number of nitrogens with zero attached hydrogens (tertiary/aromatic N) is 4. The summed E-state index contributed by atoms with van der Waals surface area (Å²) < 4.78 is 63.8. The Balaban J connectivity index is 2.05. The van der Waals surface area contributed by atoms with Crippen LogP contribution in [0.3, 0.4) is 0 Å².